The maximum absolute atomic E-state index is 12.9. The summed E-state index contributed by atoms with van der Waals surface area (Å²) < 4.78 is 31.4. The number of aromatic amines is 1. The molecule has 5 rings (SSSR count). The average molecular weight is 627 g/mol. The highest BCUT2D eigenvalue weighted by Crippen LogP contribution is 2.19. The van der Waals surface area contributed by atoms with Gasteiger partial charge in [-0.15, -0.1) is 0 Å². The maximum atomic E-state index is 12.9. The van der Waals surface area contributed by atoms with E-state index >= 15 is 0 Å². The first-order valence-corrected chi connectivity index (χ1v) is 15.0. The van der Waals surface area contributed by atoms with Crippen LogP contribution >= 0.6 is 0 Å². The molecule has 46 heavy (non-hydrogen) atoms. The Kier molecular flexibility index (Phi) is 12.9. The van der Waals surface area contributed by atoms with Crippen molar-refractivity contribution in [3.8, 4) is 5.88 Å². The summed E-state index contributed by atoms with van der Waals surface area (Å²) in [7, 11) is 0. The van der Waals surface area contributed by atoms with E-state index in [0.29, 0.717) is 42.1 Å². The summed E-state index contributed by atoms with van der Waals surface area (Å²) in [6, 6.07) is 31.3. The van der Waals surface area contributed by atoms with E-state index in [1.54, 1.807) is 36.4 Å². The Morgan fingerprint density at radius 3 is 2.17 bits per heavy atom. The standard InChI is InChI=1S/C22H20FNO3.C15H16FNO2/c23-18-11-9-17(10-12-18)21(26)14-20(25)13-19-7-4-8-22(24-19)27-15-16-5-2-1-3-6-16;16-12-9-7-11(8-10-12)14(18)5-1-3-13-4-2-6-15(19)17-13/h1-12,20,25H,13-15H2;2,4,6-10,14,18H,1,3,5H2,(H,17,19). The topological polar surface area (TPSA) is 113 Å². The average Bonchev–Trinajstić information content (AvgIpc) is 3.05. The first kappa shape index (κ1) is 33.9. The number of hydrogen-bond donors (Lipinski definition) is 3. The summed E-state index contributed by atoms with van der Waals surface area (Å²) in [5, 5.41) is 20.2. The van der Waals surface area contributed by atoms with Gasteiger partial charge in [0.05, 0.1) is 12.2 Å². The van der Waals surface area contributed by atoms with E-state index < -0.39 is 18.0 Å². The molecule has 5 aromatic rings. The Balaban J connectivity index is 0.000000222. The molecule has 9 heteroatoms. The molecule has 0 aliphatic rings. The lowest BCUT2D eigenvalue weighted by atomic mass is 10.0. The van der Waals surface area contributed by atoms with Gasteiger partial charge in [0.2, 0.25) is 11.4 Å². The minimum atomic E-state index is -0.876. The molecular weight excluding hydrogens is 590 g/mol. The number of hydrogen-bond acceptors (Lipinski definition) is 6. The molecule has 7 nitrogen and oxygen atoms in total. The van der Waals surface area contributed by atoms with Crippen molar-refractivity contribution in [2.24, 2.45) is 0 Å². The van der Waals surface area contributed by atoms with Crippen LogP contribution in [0.3, 0.4) is 0 Å². The normalized spacial score (nSPS) is 12.0. The predicted molar refractivity (Wildman–Crippen MR) is 171 cm³/mol. The van der Waals surface area contributed by atoms with Crippen molar-refractivity contribution in [2.45, 2.75) is 50.9 Å². The third kappa shape index (κ3) is 11.5. The van der Waals surface area contributed by atoms with Gasteiger partial charge in [0.15, 0.2) is 5.78 Å². The number of nitrogens with zero attached hydrogens (tertiary/aromatic N) is 1. The summed E-state index contributed by atoms with van der Waals surface area (Å²) in [6.45, 7) is 0.406. The molecule has 0 saturated carbocycles. The fourth-order valence-corrected chi connectivity index (χ4v) is 4.64. The number of aliphatic hydroxyl groups is 2. The fourth-order valence-electron chi connectivity index (χ4n) is 4.64. The molecule has 2 atom stereocenters. The fraction of sp³-hybridized carbons (Fsp3) is 0.216. The van der Waals surface area contributed by atoms with Gasteiger partial charge in [-0.25, -0.2) is 13.8 Å². The number of rotatable bonds is 13. The zero-order valence-electron chi connectivity index (χ0n) is 25.2. The van der Waals surface area contributed by atoms with Gasteiger partial charge in [-0.1, -0.05) is 54.6 Å². The van der Waals surface area contributed by atoms with Gasteiger partial charge in [0.25, 0.3) is 0 Å². The Morgan fingerprint density at radius 1 is 0.804 bits per heavy atom. The van der Waals surface area contributed by atoms with Crippen molar-refractivity contribution >= 4 is 5.78 Å². The molecule has 2 heterocycles. The number of ether oxygens (including phenoxy) is 1. The lowest BCUT2D eigenvalue weighted by Crippen LogP contribution is -2.17. The van der Waals surface area contributed by atoms with Gasteiger partial charge < -0.3 is 19.9 Å². The number of ketones is 1. The molecule has 2 unspecified atom stereocenters. The number of aryl methyl sites for hydroxylation is 1. The number of Topliss-reactive ketones (excluding diaryl/α,β-unsaturated/α-hetero) is 1. The Bertz CT molecular complexity index is 1710. The summed E-state index contributed by atoms with van der Waals surface area (Å²) in [6.07, 6.45) is 0.725. The number of carbonyl (C=O) groups is 1. The number of pyridine rings is 2. The minimum absolute atomic E-state index is 0.0532. The van der Waals surface area contributed by atoms with E-state index in [4.69, 9.17) is 4.74 Å². The van der Waals surface area contributed by atoms with Crippen molar-refractivity contribution in [1.82, 2.24) is 9.97 Å². The quantitative estimate of drug-likeness (QED) is 0.128. The number of aliphatic hydroxyl groups excluding tert-OH is 2. The number of benzene rings is 3. The molecule has 238 valence electrons. The first-order valence-electron chi connectivity index (χ1n) is 15.0. The number of nitrogens with one attached hydrogen (secondary N) is 1. The van der Waals surface area contributed by atoms with Gasteiger partial charge in [-0.05, 0) is 78.9 Å². The zero-order chi connectivity index (χ0) is 32.7. The molecule has 0 amide bonds. The molecule has 3 N–H and O–H groups in total. The smallest absolute Gasteiger partial charge is 0.248 e. The SMILES string of the molecule is O=C(CC(O)Cc1cccc(OCc2ccccc2)n1)c1ccc(F)cc1.O=c1cccc(CCCC(O)c2ccc(F)cc2)[nH]1. The number of aromatic nitrogens is 2. The van der Waals surface area contributed by atoms with E-state index in [1.165, 1.54) is 42.5 Å². The maximum Gasteiger partial charge on any atom is 0.248 e. The van der Waals surface area contributed by atoms with E-state index in [0.717, 1.165) is 17.7 Å². The molecule has 2 aromatic heterocycles. The van der Waals surface area contributed by atoms with Crippen LogP contribution in [0, 0.1) is 11.6 Å². The molecule has 0 fully saturated rings. The second kappa shape index (κ2) is 17.5. The van der Waals surface area contributed by atoms with Crippen LogP contribution in [-0.4, -0.2) is 32.1 Å². The first-order chi connectivity index (χ1) is 22.2. The van der Waals surface area contributed by atoms with Crippen LogP contribution in [0.5, 0.6) is 5.88 Å². The van der Waals surface area contributed by atoms with Crippen LogP contribution in [0.2, 0.25) is 0 Å². The van der Waals surface area contributed by atoms with Crippen molar-refractivity contribution in [3.05, 3.63) is 165 Å². The van der Waals surface area contributed by atoms with Gasteiger partial charge in [0.1, 0.15) is 18.2 Å². The lowest BCUT2D eigenvalue weighted by molar-refractivity contribution is 0.0879. The monoisotopic (exact) mass is 626 g/mol. The summed E-state index contributed by atoms with van der Waals surface area (Å²) in [5.41, 5.74) is 3.51. The summed E-state index contributed by atoms with van der Waals surface area (Å²) in [5.74, 6) is -0.478. The van der Waals surface area contributed by atoms with Crippen LogP contribution in [0.1, 0.15) is 58.2 Å². The molecule has 3 aromatic carbocycles. The Hall–Kier alpha value is -4.99. The van der Waals surface area contributed by atoms with Crippen LogP contribution in [0.4, 0.5) is 8.78 Å². The van der Waals surface area contributed by atoms with Crippen LogP contribution in [0.15, 0.2) is 120 Å². The molecular formula is C37H36F2N2O5. The molecule has 0 bridgehead atoms. The number of carbonyl (C=O) groups excluding carboxylic acids is 1. The molecule has 0 aliphatic heterocycles. The minimum Gasteiger partial charge on any atom is -0.473 e. The van der Waals surface area contributed by atoms with E-state index in [1.807, 2.05) is 36.4 Å². The Morgan fingerprint density at radius 2 is 1.48 bits per heavy atom. The van der Waals surface area contributed by atoms with Gasteiger partial charge in [-0.3, -0.25) is 9.59 Å². The molecule has 0 spiro atoms. The molecule has 0 radical (unpaired) electrons. The number of H-pyrrole nitrogens is 1. The second-order valence-electron chi connectivity index (χ2n) is 10.7. The van der Waals surface area contributed by atoms with Crippen LogP contribution in [0.25, 0.3) is 0 Å². The van der Waals surface area contributed by atoms with Crippen molar-refractivity contribution in [3.63, 3.8) is 0 Å². The highest BCUT2D eigenvalue weighted by atomic mass is 19.1. The predicted octanol–water partition coefficient (Wildman–Crippen LogP) is 6.55. The van der Waals surface area contributed by atoms with E-state index in [-0.39, 0.29) is 30.0 Å². The lowest BCUT2D eigenvalue weighted by Gasteiger charge is -2.11. The zero-order valence-corrected chi connectivity index (χ0v) is 25.2. The van der Waals surface area contributed by atoms with Gasteiger partial charge in [0, 0.05) is 41.9 Å². The van der Waals surface area contributed by atoms with Crippen LogP contribution in [-0.2, 0) is 19.4 Å². The summed E-state index contributed by atoms with van der Waals surface area (Å²) in [4.78, 5) is 30.4. The molecule has 0 saturated heterocycles. The van der Waals surface area contributed by atoms with E-state index in [9.17, 15) is 28.6 Å². The third-order valence-electron chi connectivity index (χ3n) is 7.05. The highest BCUT2D eigenvalue weighted by Gasteiger charge is 2.15. The van der Waals surface area contributed by atoms with Crippen molar-refractivity contribution in [1.29, 1.82) is 0 Å². The second-order valence-corrected chi connectivity index (χ2v) is 10.7. The highest BCUT2D eigenvalue weighted by molar-refractivity contribution is 5.96. The summed E-state index contributed by atoms with van der Waals surface area (Å²) >= 11 is 0. The van der Waals surface area contributed by atoms with Crippen molar-refractivity contribution in [2.75, 3.05) is 0 Å². The third-order valence-corrected chi connectivity index (χ3v) is 7.05. The molecule has 0 aliphatic carbocycles. The van der Waals surface area contributed by atoms with Crippen LogP contribution < -0.4 is 10.3 Å². The van der Waals surface area contributed by atoms with Gasteiger partial charge >= 0.3 is 0 Å². The number of halogens is 2. The van der Waals surface area contributed by atoms with Gasteiger partial charge in [-0.2, -0.15) is 0 Å². The largest absolute Gasteiger partial charge is 0.473 e. The Labute approximate surface area is 266 Å². The van der Waals surface area contributed by atoms with E-state index in [2.05, 4.69) is 9.97 Å². The van der Waals surface area contributed by atoms with Crippen molar-refractivity contribution < 1.29 is 28.5 Å².